The largest absolute Gasteiger partial charge is 0.384 e. The molecule has 1 saturated carbocycles. The van der Waals surface area contributed by atoms with E-state index in [4.69, 9.17) is 4.74 Å². The van der Waals surface area contributed by atoms with E-state index in [9.17, 15) is 9.90 Å². The molecule has 0 bridgehead atoms. The molecule has 6 nitrogen and oxygen atoms in total. The fourth-order valence-electron chi connectivity index (χ4n) is 4.04. The second-order valence-corrected chi connectivity index (χ2v) is 7.39. The van der Waals surface area contributed by atoms with Crippen LogP contribution in [0.5, 0.6) is 0 Å². The van der Waals surface area contributed by atoms with Crippen molar-refractivity contribution in [3.8, 4) is 0 Å². The zero-order valence-electron chi connectivity index (χ0n) is 15.1. The lowest BCUT2D eigenvalue weighted by Crippen LogP contribution is -2.52. The highest BCUT2D eigenvalue weighted by molar-refractivity contribution is 5.84. The lowest BCUT2D eigenvalue weighted by Gasteiger charge is -2.43. The quantitative estimate of drug-likeness (QED) is 0.892. The van der Waals surface area contributed by atoms with E-state index in [1.807, 2.05) is 46.0 Å². The van der Waals surface area contributed by atoms with Crippen molar-refractivity contribution in [3.63, 3.8) is 0 Å². The molecule has 6 heteroatoms. The summed E-state index contributed by atoms with van der Waals surface area (Å²) in [4.78, 5) is 15.0. The number of carbonyl (C=O) groups is 1. The number of nitrogens with zero attached hydrogens (tertiary/aromatic N) is 3. The molecule has 1 aliphatic heterocycles. The molecule has 1 fully saturated rings. The molecule has 1 N–H and O–H groups in total. The normalized spacial score (nSPS) is 19.5. The van der Waals surface area contributed by atoms with Gasteiger partial charge in [-0.3, -0.25) is 9.48 Å². The minimum Gasteiger partial charge on any atom is -0.384 e. The van der Waals surface area contributed by atoms with Gasteiger partial charge in [0.2, 0.25) is 5.91 Å². The molecule has 4 rings (SSSR count). The highest BCUT2D eigenvalue weighted by atomic mass is 16.5. The number of carbonyl (C=O) groups excluding carboxylic acids is 1. The van der Waals surface area contributed by atoms with Gasteiger partial charge in [-0.2, -0.15) is 5.10 Å². The molecule has 26 heavy (non-hydrogen) atoms. The molecule has 1 amide bonds. The molecule has 0 saturated heterocycles. The van der Waals surface area contributed by atoms with Gasteiger partial charge in [-0.05, 0) is 24.5 Å². The van der Waals surface area contributed by atoms with Gasteiger partial charge in [0.15, 0.2) is 0 Å². The van der Waals surface area contributed by atoms with Crippen LogP contribution in [0, 0.1) is 5.41 Å². The van der Waals surface area contributed by atoms with Crippen LogP contribution in [0.15, 0.2) is 36.4 Å². The van der Waals surface area contributed by atoms with Crippen LogP contribution in [-0.2, 0) is 22.6 Å². The fraction of sp³-hybridized carbons (Fsp3) is 0.500. The maximum Gasteiger partial charge on any atom is 0.231 e. The number of aliphatic hydroxyl groups excluding tert-OH is 1. The molecule has 138 valence electrons. The lowest BCUT2D eigenvalue weighted by atomic mass is 9.68. The first kappa shape index (κ1) is 17.2. The summed E-state index contributed by atoms with van der Waals surface area (Å²) in [6.07, 6.45) is 2.17. The highest BCUT2D eigenvalue weighted by Crippen LogP contribution is 2.43. The maximum atomic E-state index is 13.0. The van der Waals surface area contributed by atoms with Crippen molar-refractivity contribution in [2.75, 3.05) is 20.3 Å². The number of methoxy groups -OCH3 is 1. The topological polar surface area (TPSA) is 67.6 Å². The minimum atomic E-state index is -0.745. The van der Waals surface area contributed by atoms with Crippen molar-refractivity contribution >= 4 is 5.91 Å². The predicted octanol–water partition coefficient (Wildman–Crippen LogP) is 2.12. The van der Waals surface area contributed by atoms with Crippen molar-refractivity contribution in [2.45, 2.75) is 38.5 Å². The van der Waals surface area contributed by atoms with E-state index >= 15 is 0 Å². The van der Waals surface area contributed by atoms with Gasteiger partial charge in [-0.15, -0.1) is 0 Å². The Kier molecular flexibility index (Phi) is 4.54. The van der Waals surface area contributed by atoms with Crippen LogP contribution >= 0.6 is 0 Å². The maximum absolute atomic E-state index is 13.0. The Labute approximate surface area is 153 Å². The summed E-state index contributed by atoms with van der Waals surface area (Å²) in [5.74, 6) is 0.197. The summed E-state index contributed by atoms with van der Waals surface area (Å²) < 4.78 is 7.23. The first-order valence-corrected chi connectivity index (χ1v) is 9.21. The van der Waals surface area contributed by atoms with Gasteiger partial charge in [0.25, 0.3) is 0 Å². The molecule has 1 aromatic heterocycles. The molecular formula is C20H25N3O3. The van der Waals surface area contributed by atoms with Crippen LogP contribution in [0.1, 0.15) is 42.3 Å². The van der Waals surface area contributed by atoms with E-state index in [1.54, 1.807) is 7.11 Å². The van der Waals surface area contributed by atoms with Crippen LogP contribution < -0.4 is 0 Å². The van der Waals surface area contributed by atoms with Crippen molar-refractivity contribution in [1.82, 2.24) is 14.7 Å². The number of aromatic nitrogens is 2. The van der Waals surface area contributed by atoms with E-state index in [-0.39, 0.29) is 11.3 Å². The molecular weight excluding hydrogens is 330 g/mol. The Morgan fingerprint density at radius 3 is 2.73 bits per heavy atom. The lowest BCUT2D eigenvalue weighted by molar-refractivity contribution is -0.153. The smallest absolute Gasteiger partial charge is 0.231 e. The molecule has 1 aromatic carbocycles. The van der Waals surface area contributed by atoms with E-state index in [2.05, 4.69) is 5.10 Å². The van der Waals surface area contributed by atoms with Gasteiger partial charge in [0.1, 0.15) is 6.10 Å². The predicted molar refractivity (Wildman–Crippen MR) is 96.3 cm³/mol. The summed E-state index contributed by atoms with van der Waals surface area (Å²) in [7, 11) is 1.66. The molecule has 2 aromatic rings. The van der Waals surface area contributed by atoms with Crippen molar-refractivity contribution < 1.29 is 14.6 Å². The number of benzene rings is 1. The molecule has 1 atom stereocenters. The van der Waals surface area contributed by atoms with Gasteiger partial charge in [-0.25, -0.2) is 0 Å². The molecule has 1 aliphatic carbocycles. The van der Waals surface area contributed by atoms with Crippen LogP contribution in [-0.4, -0.2) is 46.0 Å². The second-order valence-electron chi connectivity index (χ2n) is 7.39. The number of hydrogen-bond donors (Lipinski definition) is 1. The second kappa shape index (κ2) is 6.85. The third kappa shape index (κ3) is 2.93. The number of fused-ring (bicyclic) bond motifs is 1. The summed E-state index contributed by atoms with van der Waals surface area (Å²) in [6, 6.07) is 11.4. The summed E-state index contributed by atoms with van der Waals surface area (Å²) in [5.41, 5.74) is 2.10. The first-order chi connectivity index (χ1) is 12.6. The number of amides is 1. The zero-order valence-corrected chi connectivity index (χ0v) is 15.1. The number of hydrogen-bond acceptors (Lipinski definition) is 4. The van der Waals surface area contributed by atoms with Crippen LogP contribution in [0.25, 0.3) is 0 Å². The SMILES string of the molecule is COCC1(C(=O)N2CCn3nc([C@@H](O)c4ccccc4)cc3C2)CCC1. The van der Waals surface area contributed by atoms with Crippen molar-refractivity contribution in [3.05, 3.63) is 53.3 Å². The Balaban J connectivity index is 1.51. The highest BCUT2D eigenvalue weighted by Gasteiger charge is 2.46. The molecule has 0 radical (unpaired) electrons. The Hall–Kier alpha value is -2.18. The molecule has 0 unspecified atom stereocenters. The average molecular weight is 355 g/mol. The van der Waals surface area contributed by atoms with Gasteiger partial charge < -0.3 is 14.7 Å². The van der Waals surface area contributed by atoms with Crippen LogP contribution in [0.4, 0.5) is 0 Å². The summed E-state index contributed by atoms with van der Waals surface area (Å²) in [6.45, 7) is 2.35. The fourth-order valence-corrected chi connectivity index (χ4v) is 4.04. The van der Waals surface area contributed by atoms with Gasteiger partial charge >= 0.3 is 0 Å². The van der Waals surface area contributed by atoms with Crippen LogP contribution in [0.3, 0.4) is 0 Å². The van der Waals surface area contributed by atoms with Crippen LogP contribution in [0.2, 0.25) is 0 Å². The molecule has 2 heterocycles. The minimum absolute atomic E-state index is 0.197. The summed E-state index contributed by atoms with van der Waals surface area (Å²) >= 11 is 0. The molecule has 0 spiro atoms. The summed E-state index contributed by atoms with van der Waals surface area (Å²) in [5, 5.41) is 15.1. The van der Waals surface area contributed by atoms with Gasteiger partial charge in [0, 0.05) is 13.7 Å². The number of rotatable bonds is 5. The van der Waals surface area contributed by atoms with E-state index in [0.29, 0.717) is 31.9 Å². The van der Waals surface area contributed by atoms with Gasteiger partial charge in [-0.1, -0.05) is 36.8 Å². The van der Waals surface area contributed by atoms with E-state index in [0.717, 1.165) is 30.5 Å². The first-order valence-electron chi connectivity index (χ1n) is 9.21. The van der Waals surface area contributed by atoms with E-state index < -0.39 is 6.10 Å². The zero-order chi connectivity index (χ0) is 18.1. The number of ether oxygens (including phenoxy) is 1. The van der Waals surface area contributed by atoms with Gasteiger partial charge in [0.05, 0.1) is 36.5 Å². The number of aliphatic hydroxyl groups is 1. The average Bonchev–Trinajstić information content (AvgIpc) is 3.07. The molecule has 2 aliphatic rings. The third-order valence-corrected chi connectivity index (χ3v) is 5.68. The van der Waals surface area contributed by atoms with E-state index in [1.165, 1.54) is 0 Å². The van der Waals surface area contributed by atoms with Crippen molar-refractivity contribution in [1.29, 1.82) is 0 Å². The monoisotopic (exact) mass is 355 g/mol. The standard InChI is InChI=1S/C20H25N3O3/c1-26-14-20(8-5-9-20)19(25)22-10-11-23-16(13-22)12-17(21-23)18(24)15-6-3-2-4-7-15/h2-4,6-7,12,18,24H,5,8-11,13-14H2,1H3/t18-/m0/s1. The Morgan fingerprint density at radius 2 is 2.08 bits per heavy atom. The Morgan fingerprint density at radius 1 is 1.31 bits per heavy atom. The Bertz CT molecular complexity index is 783. The van der Waals surface area contributed by atoms with Crippen molar-refractivity contribution in [2.24, 2.45) is 5.41 Å². The third-order valence-electron chi connectivity index (χ3n) is 5.68.